The molecule has 0 saturated heterocycles. The third-order valence-corrected chi connectivity index (χ3v) is 8.32. The monoisotopic (exact) mass is 443 g/mol. The molecule has 5 nitrogen and oxygen atoms in total. The Balaban J connectivity index is 1.75. The number of hydrogen-bond acceptors (Lipinski definition) is 5. The molecule has 8 heteroatoms. The molecule has 0 bridgehead atoms. The van der Waals surface area contributed by atoms with Gasteiger partial charge in [-0.05, 0) is 59.7 Å². The average molecular weight is 444 g/mol. The predicted octanol–water partition coefficient (Wildman–Crippen LogP) is 4.20. The van der Waals surface area contributed by atoms with E-state index < -0.39 is 15.6 Å². The van der Waals surface area contributed by atoms with E-state index in [1.807, 2.05) is 30.3 Å². The summed E-state index contributed by atoms with van der Waals surface area (Å²) in [5, 5.41) is 14.9. The number of sulfonamides is 1. The number of fused-ring (bicyclic) bond motifs is 1. The summed E-state index contributed by atoms with van der Waals surface area (Å²) in [5.41, 5.74) is 2.39. The van der Waals surface area contributed by atoms with Gasteiger partial charge in [-0.25, -0.2) is 13.1 Å². The molecule has 2 N–H and O–H groups in total. The number of rotatable bonds is 5. The highest BCUT2D eigenvalue weighted by atomic mass is 35.5. The van der Waals surface area contributed by atoms with Crippen molar-refractivity contribution in [2.45, 2.75) is 22.6 Å². The number of nitrogens with one attached hydrogen (secondary N) is 2. The summed E-state index contributed by atoms with van der Waals surface area (Å²) >= 11 is 7.56. The first-order valence-corrected chi connectivity index (χ1v) is 11.7. The standard InChI is InChI=1S/C21H18ClN3O2S2/c22-18-5-2-1-4-16(18)11-21(25-29(26,27)20-6-3-9-28-20)12-17-10-15(13-23)7-8-19(17)24-14-21/h1-10,24-25H,11-12,14H2. The minimum absolute atomic E-state index is 0.271. The Morgan fingerprint density at radius 3 is 2.76 bits per heavy atom. The first-order chi connectivity index (χ1) is 13.9. The van der Waals surface area contributed by atoms with Gasteiger partial charge in [0.05, 0.1) is 17.2 Å². The second-order valence-electron chi connectivity index (χ2n) is 7.10. The van der Waals surface area contributed by atoms with E-state index in [0.717, 1.165) is 16.8 Å². The molecule has 148 valence electrons. The number of hydrogen-bond donors (Lipinski definition) is 2. The molecule has 1 aromatic heterocycles. The molecule has 1 aliphatic rings. The zero-order chi connectivity index (χ0) is 20.5. The van der Waals surface area contributed by atoms with Crippen LogP contribution in [0.5, 0.6) is 0 Å². The Labute approximate surface area is 179 Å². The number of halogens is 1. The van der Waals surface area contributed by atoms with Gasteiger partial charge in [-0.1, -0.05) is 35.9 Å². The lowest BCUT2D eigenvalue weighted by molar-refractivity contribution is 0.384. The van der Waals surface area contributed by atoms with Gasteiger partial charge in [-0.2, -0.15) is 5.26 Å². The van der Waals surface area contributed by atoms with Crippen LogP contribution in [0.4, 0.5) is 5.69 Å². The number of nitriles is 1. The quantitative estimate of drug-likeness (QED) is 0.619. The van der Waals surface area contributed by atoms with Crippen molar-refractivity contribution in [2.75, 3.05) is 11.9 Å². The van der Waals surface area contributed by atoms with E-state index in [1.165, 1.54) is 11.3 Å². The second kappa shape index (κ2) is 7.81. The van der Waals surface area contributed by atoms with Gasteiger partial charge in [-0.3, -0.25) is 0 Å². The molecule has 0 saturated carbocycles. The smallest absolute Gasteiger partial charge is 0.250 e. The van der Waals surface area contributed by atoms with Gasteiger partial charge >= 0.3 is 0 Å². The van der Waals surface area contributed by atoms with Crippen molar-refractivity contribution in [3.63, 3.8) is 0 Å². The molecular formula is C21H18ClN3O2S2. The van der Waals surface area contributed by atoms with Crippen molar-refractivity contribution in [1.82, 2.24) is 4.72 Å². The summed E-state index contributed by atoms with van der Waals surface area (Å²) in [5.74, 6) is 0. The van der Waals surface area contributed by atoms with Gasteiger partial charge in [0.15, 0.2) is 0 Å². The van der Waals surface area contributed by atoms with Crippen molar-refractivity contribution < 1.29 is 8.42 Å². The molecule has 29 heavy (non-hydrogen) atoms. The Morgan fingerprint density at radius 2 is 2.03 bits per heavy atom. The number of thiophene rings is 1. The van der Waals surface area contributed by atoms with Crippen LogP contribution in [0.2, 0.25) is 5.02 Å². The lowest BCUT2D eigenvalue weighted by Crippen LogP contribution is -2.57. The fourth-order valence-electron chi connectivity index (χ4n) is 3.66. The Bertz CT molecular complexity index is 1190. The van der Waals surface area contributed by atoms with Crippen molar-refractivity contribution in [3.05, 3.63) is 81.7 Å². The average Bonchev–Trinajstić information content (AvgIpc) is 3.25. The summed E-state index contributed by atoms with van der Waals surface area (Å²) < 4.78 is 29.3. The zero-order valence-electron chi connectivity index (χ0n) is 15.4. The largest absolute Gasteiger partial charge is 0.383 e. The predicted molar refractivity (Wildman–Crippen MR) is 116 cm³/mol. The number of benzene rings is 2. The molecule has 1 atom stereocenters. The SMILES string of the molecule is N#Cc1ccc2c(c1)CC(Cc1ccccc1Cl)(NS(=O)(=O)c1cccs1)CN2. The third kappa shape index (κ3) is 4.16. The van der Waals surface area contributed by atoms with Crippen LogP contribution in [-0.2, 0) is 22.9 Å². The van der Waals surface area contributed by atoms with Crippen LogP contribution in [0.15, 0.2) is 64.2 Å². The van der Waals surface area contributed by atoms with Gasteiger partial charge < -0.3 is 5.32 Å². The molecule has 3 aromatic rings. The van der Waals surface area contributed by atoms with Gasteiger partial charge in [0, 0.05) is 17.3 Å². The number of anilines is 1. The van der Waals surface area contributed by atoms with Crippen molar-refractivity contribution in [1.29, 1.82) is 5.26 Å². The van der Waals surface area contributed by atoms with Crippen LogP contribution in [0.25, 0.3) is 0 Å². The second-order valence-corrected chi connectivity index (χ2v) is 10.4. The lowest BCUT2D eigenvalue weighted by atomic mass is 9.82. The fraction of sp³-hybridized carbons (Fsp3) is 0.190. The first-order valence-electron chi connectivity index (χ1n) is 8.99. The molecule has 2 heterocycles. The maximum atomic E-state index is 13.1. The molecule has 0 spiro atoms. The van der Waals surface area contributed by atoms with Crippen LogP contribution in [0.1, 0.15) is 16.7 Å². The molecule has 0 radical (unpaired) electrons. The van der Waals surface area contributed by atoms with Crippen molar-refractivity contribution in [2.24, 2.45) is 0 Å². The summed E-state index contributed by atoms with van der Waals surface area (Å²) in [4.78, 5) is 0. The molecule has 1 unspecified atom stereocenters. The molecule has 4 rings (SSSR count). The van der Waals surface area contributed by atoms with E-state index in [1.54, 1.807) is 29.6 Å². The Kier molecular flexibility index (Phi) is 5.36. The van der Waals surface area contributed by atoms with Crippen LogP contribution in [0.3, 0.4) is 0 Å². The summed E-state index contributed by atoms with van der Waals surface area (Å²) in [6.07, 6.45) is 0.862. The lowest BCUT2D eigenvalue weighted by Gasteiger charge is -2.39. The zero-order valence-corrected chi connectivity index (χ0v) is 17.7. The van der Waals surface area contributed by atoms with E-state index in [0.29, 0.717) is 30.0 Å². The Morgan fingerprint density at radius 1 is 1.21 bits per heavy atom. The van der Waals surface area contributed by atoms with Gasteiger partial charge in [-0.15, -0.1) is 11.3 Å². The van der Waals surface area contributed by atoms with Crippen LogP contribution in [0, 0.1) is 11.3 Å². The number of nitrogens with zero attached hydrogens (tertiary/aromatic N) is 1. The van der Waals surface area contributed by atoms with E-state index in [-0.39, 0.29) is 4.21 Å². The molecule has 2 aromatic carbocycles. The first kappa shape index (κ1) is 19.9. The molecular weight excluding hydrogens is 426 g/mol. The topological polar surface area (TPSA) is 82.0 Å². The molecule has 1 aliphatic heterocycles. The minimum Gasteiger partial charge on any atom is -0.383 e. The van der Waals surface area contributed by atoms with E-state index >= 15 is 0 Å². The van der Waals surface area contributed by atoms with Crippen LogP contribution < -0.4 is 10.0 Å². The molecule has 0 amide bonds. The highest BCUT2D eigenvalue weighted by Gasteiger charge is 2.39. The molecule has 0 fully saturated rings. The maximum Gasteiger partial charge on any atom is 0.250 e. The highest BCUT2D eigenvalue weighted by Crippen LogP contribution is 2.33. The minimum atomic E-state index is -3.71. The Hall–Kier alpha value is -2.37. The highest BCUT2D eigenvalue weighted by molar-refractivity contribution is 7.91. The van der Waals surface area contributed by atoms with Crippen LogP contribution >= 0.6 is 22.9 Å². The van der Waals surface area contributed by atoms with Crippen LogP contribution in [-0.4, -0.2) is 20.5 Å². The third-order valence-electron chi connectivity index (χ3n) is 4.98. The van der Waals surface area contributed by atoms with Gasteiger partial charge in [0.25, 0.3) is 10.0 Å². The van der Waals surface area contributed by atoms with Crippen molar-refractivity contribution >= 4 is 38.6 Å². The van der Waals surface area contributed by atoms with Crippen molar-refractivity contribution in [3.8, 4) is 6.07 Å². The van der Waals surface area contributed by atoms with E-state index in [4.69, 9.17) is 11.6 Å². The summed E-state index contributed by atoms with van der Waals surface area (Å²) in [7, 11) is -3.71. The maximum absolute atomic E-state index is 13.1. The van der Waals surface area contributed by atoms with Gasteiger partial charge in [0.1, 0.15) is 4.21 Å². The summed E-state index contributed by atoms with van der Waals surface area (Å²) in [6.45, 7) is 0.404. The molecule has 0 aliphatic carbocycles. The fourth-order valence-corrected chi connectivity index (χ4v) is 6.26. The normalized spacial score (nSPS) is 18.5. The van der Waals surface area contributed by atoms with E-state index in [9.17, 15) is 13.7 Å². The summed E-state index contributed by atoms with van der Waals surface area (Å²) in [6, 6.07) is 18.3. The van der Waals surface area contributed by atoms with E-state index in [2.05, 4.69) is 16.1 Å². The van der Waals surface area contributed by atoms with Gasteiger partial charge in [0.2, 0.25) is 0 Å².